The summed E-state index contributed by atoms with van der Waals surface area (Å²) in [7, 11) is -3.49. The lowest BCUT2D eigenvalue weighted by atomic mass is 9.86. The van der Waals surface area contributed by atoms with Crippen LogP contribution in [0.3, 0.4) is 0 Å². The van der Waals surface area contributed by atoms with Gasteiger partial charge in [0.1, 0.15) is 5.60 Å². The van der Waals surface area contributed by atoms with Gasteiger partial charge in [0.25, 0.3) is 0 Å². The summed E-state index contributed by atoms with van der Waals surface area (Å²) in [6.07, 6.45) is 1.16. The monoisotopic (exact) mass is 305 g/mol. The molecule has 6 nitrogen and oxygen atoms in total. The topological polar surface area (TPSA) is 95.7 Å². The van der Waals surface area contributed by atoms with Crippen LogP contribution < -0.4 is 5.73 Å². The molecule has 0 aliphatic carbocycles. The van der Waals surface area contributed by atoms with Crippen molar-refractivity contribution >= 4 is 15.8 Å². The number of rotatable bonds is 1. The number of carbonyl (C=O) groups excluding carboxylic acids is 1. The fourth-order valence-corrected chi connectivity index (χ4v) is 4.62. The molecule has 0 aromatic rings. The highest BCUT2D eigenvalue weighted by atomic mass is 32.2. The SMILES string of the molecule is CC(C)(C)OC(=O)C1CC2(CCS1(=O)=O)OCCC2N. The predicted octanol–water partition coefficient (Wildman–Crippen LogP) is 0.392. The van der Waals surface area contributed by atoms with E-state index in [0.717, 1.165) is 0 Å². The molecule has 0 bridgehead atoms. The van der Waals surface area contributed by atoms with Crippen molar-refractivity contribution < 1.29 is 22.7 Å². The van der Waals surface area contributed by atoms with Crippen molar-refractivity contribution in [1.82, 2.24) is 0 Å². The van der Waals surface area contributed by atoms with Crippen LogP contribution in [0, 0.1) is 0 Å². The van der Waals surface area contributed by atoms with Gasteiger partial charge in [-0.1, -0.05) is 0 Å². The summed E-state index contributed by atoms with van der Waals surface area (Å²) in [5, 5.41) is -1.17. The third-order valence-electron chi connectivity index (χ3n) is 3.94. The summed E-state index contributed by atoms with van der Waals surface area (Å²) in [5.74, 6) is -0.774. The summed E-state index contributed by atoms with van der Waals surface area (Å²) in [5.41, 5.74) is 4.65. The first-order chi connectivity index (χ1) is 9.06. The smallest absolute Gasteiger partial charge is 0.324 e. The number of hydrogen-bond donors (Lipinski definition) is 1. The largest absolute Gasteiger partial charge is 0.459 e. The summed E-state index contributed by atoms with van der Waals surface area (Å²) < 4.78 is 35.3. The van der Waals surface area contributed by atoms with E-state index in [2.05, 4.69) is 0 Å². The Morgan fingerprint density at radius 2 is 2.05 bits per heavy atom. The third kappa shape index (κ3) is 2.99. The van der Waals surface area contributed by atoms with Crippen LogP contribution in [-0.2, 0) is 24.1 Å². The quantitative estimate of drug-likeness (QED) is 0.704. The van der Waals surface area contributed by atoms with E-state index in [9.17, 15) is 13.2 Å². The van der Waals surface area contributed by atoms with E-state index < -0.39 is 32.3 Å². The Balaban J connectivity index is 2.22. The van der Waals surface area contributed by atoms with Crippen molar-refractivity contribution in [3.63, 3.8) is 0 Å². The maximum atomic E-state index is 12.2. The van der Waals surface area contributed by atoms with Gasteiger partial charge in [0.05, 0.1) is 11.4 Å². The second kappa shape index (κ2) is 4.96. The van der Waals surface area contributed by atoms with Gasteiger partial charge in [-0.3, -0.25) is 4.79 Å². The van der Waals surface area contributed by atoms with Crippen LogP contribution in [0.15, 0.2) is 0 Å². The summed E-state index contributed by atoms with van der Waals surface area (Å²) >= 11 is 0. The van der Waals surface area contributed by atoms with Crippen LogP contribution in [0.5, 0.6) is 0 Å². The van der Waals surface area contributed by atoms with Crippen LogP contribution >= 0.6 is 0 Å². The van der Waals surface area contributed by atoms with Gasteiger partial charge in [-0.25, -0.2) is 8.42 Å². The Labute approximate surface area is 119 Å². The third-order valence-corrected chi connectivity index (χ3v) is 5.94. The summed E-state index contributed by atoms with van der Waals surface area (Å²) in [6, 6.07) is -0.220. The minimum absolute atomic E-state index is 0.0788. The molecule has 7 heteroatoms. The predicted molar refractivity (Wildman–Crippen MR) is 73.9 cm³/mol. The zero-order valence-corrected chi connectivity index (χ0v) is 13.0. The maximum absolute atomic E-state index is 12.2. The van der Waals surface area contributed by atoms with Gasteiger partial charge in [0, 0.05) is 19.1 Å². The Kier molecular flexibility index (Phi) is 3.90. The average molecular weight is 305 g/mol. The van der Waals surface area contributed by atoms with Gasteiger partial charge in [0.15, 0.2) is 15.1 Å². The highest BCUT2D eigenvalue weighted by Gasteiger charge is 2.53. The van der Waals surface area contributed by atoms with Gasteiger partial charge in [-0.05, 0) is 33.6 Å². The Morgan fingerprint density at radius 3 is 2.55 bits per heavy atom. The Bertz CT molecular complexity index is 495. The molecule has 2 saturated heterocycles. The van der Waals surface area contributed by atoms with E-state index in [-0.39, 0.29) is 18.2 Å². The molecule has 0 radical (unpaired) electrons. The molecule has 3 unspecified atom stereocenters. The molecule has 1 spiro atoms. The minimum Gasteiger partial charge on any atom is -0.459 e. The second-order valence-corrected chi connectivity index (χ2v) is 8.95. The average Bonchev–Trinajstić information content (AvgIpc) is 2.62. The Morgan fingerprint density at radius 1 is 1.40 bits per heavy atom. The first-order valence-electron chi connectivity index (χ1n) is 6.90. The molecule has 2 N–H and O–H groups in total. The highest BCUT2D eigenvalue weighted by molar-refractivity contribution is 7.92. The number of ether oxygens (including phenoxy) is 2. The van der Waals surface area contributed by atoms with Crippen LogP contribution in [0.2, 0.25) is 0 Å². The van der Waals surface area contributed by atoms with E-state index in [0.29, 0.717) is 19.4 Å². The van der Waals surface area contributed by atoms with Gasteiger partial charge in [-0.15, -0.1) is 0 Å². The molecule has 0 saturated carbocycles. The first kappa shape index (κ1) is 15.7. The lowest BCUT2D eigenvalue weighted by Gasteiger charge is -2.39. The standard InChI is InChI=1S/C13H23NO5S/c1-12(2,3)19-11(15)9-8-13(5-7-20(9,16)17)10(14)4-6-18-13/h9-10H,4-8,14H2,1-3H3. The molecule has 2 fully saturated rings. The van der Waals surface area contributed by atoms with Crippen molar-refractivity contribution in [1.29, 1.82) is 0 Å². The van der Waals surface area contributed by atoms with Crippen LogP contribution in [0.1, 0.15) is 40.0 Å². The number of nitrogens with two attached hydrogens (primary N) is 1. The van der Waals surface area contributed by atoms with Gasteiger partial charge in [-0.2, -0.15) is 0 Å². The molecule has 0 aromatic carbocycles. The van der Waals surface area contributed by atoms with E-state index in [1.54, 1.807) is 20.8 Å². The fraction of sp³-hybridized carbons (Fsp3) is 0.923. The molecule has 2 aliphatic rings. The fourth-order valence-electron chi connectivity index (χ4n) is 2.82. The Hall–Kier alpha value is -0.660. The van der Waals surface area contributed by atoms with Crippen LogP contribution in [0.4, 0.5) is 0 Å². The number of carbonyl (C=O) groups is 1. The van der Waals surface area contributed by atoms with Crippen molar-refractivity contribution in [2.45, 2.75) is 62.5 Å². The first-order valence-corrected chi connectivity index (χ1v) is 8.61. The lowest BCUT2D eigenvalue weighted by molar-refractivity contribution is -0.156. The second-order valence-electron chi connectivity index (χ2n) is 6.65. The highest BCUT2D eigenvalue weighted by Crippen LogP contribution is 2.39. The van der Waals surface area contributed by atoms with E-state index in [1.165, 1.54) is 0 Å². The lowest BCUT2D eigenvalue weighted by Crippen LogP contribution is -2.55. The molecular formula is C13H23NO5S. The molecular weight excluding hydrogens is 282 g/mol. The van der Waals surface area contributed by atoms with Crippen molar-refractivity contribution in [2.75, 3.05) is 12.4 Å². The molecule has 3 atom stereocenters. The molecule has 2 rings (SSSR count). The molecule has 2 aliphatic heterocycles. The normalized spacial score (nSPS) is 37.0. The number of esters is 1. The minimum atomic E-state index is -3.49. The maximum Gasteiger partial charge on any atom is 0.324 e. The zero-order valence-electron chi connectivity index (χ0n) is 12.2. The molecule has 20 heavy (non-hydrogen) atoms. The van der Waals surface area contributed by atoms with Gasteiger partial charge >= 0.3 is 5.97 Å². The van der Waals surface area contributed by atoms with Crippen molar-refractivity contribution in [3.05, 3.63) is 0 Å². The van der Waals surface area contributed by atoms with Crippen LogP contribution in [-0.4, -0.2) is 49.2 Å². The molecule has 0 aromatic heterocycles. The zero-order chi connectivity index (χ0) is 15.2. The molecule has 116 valence electrons. The van der Waals surface area contributed by atoms with E-state index >= 15 is 0 Å². The molecule has 2 heterocycles. The number of sulfone groups is 1. The van der Waals surface area contributed by atoms with Crippen LogP contribution in [0.25, 0.3) is 0 Å². The van der Waals surface area contributed by atoms with E-state index in [4.69, 9.17) is 15.2 Å². The van der Waals surface area contributed by atoms with Crippen molar-refractivity contribution in [2.24, 2.45) is 5.73 Å². The number of hydrogen-bond acceptors (Lipinski definition) is 6. The van der Waals surface area contributed by atoms with Crippen molar-refractivity contribution in [3.8, 4) is 0 Å². The van der Waals surface area contributed by atoms with Gasteiger partial charge in [0.2, 0.25) is 0 Å². The van der Waals surface area contributed by atoms with E-state index in [1.807, 2.05) is 0 Å². The summed E-state index contributed by atoms with van der Waals surface area (Å²) in [6.45, 7) is 5.66. The molecule has 0 amide bonds. The van der Waals surface area contributed by atoms with Gasteiger partial charge < -0.3 is 15.2 Å². The summed E-state index contributed by atoms with van der Waals surface area (Å²) in [4.78, 5) is 12.2.